The molecule has 2 unspecified atom stereocenters. The lowest BCUT2D eigenvalue weighted by molar-refractivity contribution is -0.0497. The molecule has 0 aromatic carbocycles. The van der Waals surface area contributed by atoms with Gasteiger partial charge in [0.05, 0.1) is 19.3 Å². The van der Waals surface area contributed by atoms with Crippen LogP contribution >= 0.6 is 0 Å². The molecule has 0 saturated carbocycles. The first-order chi connectivity index (χ1) is 11.8. The van der Waals surface area contributed by atoms with Crippen LogP contribution in [0.2, 0.25) is 0 Å². The molecular formula is C20H34N2O2. The third-order valence-corrected chi connectivity index (χ3v) is 5.57. The number of hydrogen-bond donors (Lipinski definition) is 2. The zero-order valence-electron chi connectivity index (χ0n) is 15.2. The Morgan fingerprint density at radius 3 is 2.42 bits per heavy atom. The average Bonchev–Trinajstić information content (AvgIpc) is 2.52. The van der Waals surface area contributed by atoms with Gasteiger partial charge in [-0.3, -0.25) is 0 Å². The van der Waals surface area contributed by atoms with Crippen molar-refractivity contribution in [3.05, 3.63) is 23.3 Å². The van der Waals surface area contributed by atoms with E-state index in [9.17, 15) is 0 Å². The van der Waals surface area contributed by atoms with Crippen LogP contribution in [0.3, 0.4) is 0 Å². The Labute approximate surface area is 147 Å². The molecule has 0 aromatic heterocycles. The molecule has 0 aromatic rings. The molecule has 2 aliphatic carbocycles. The van der Waals surface area contributed by atoms with Gasteiger partial charge in [-0.15, -0.1) is 0 Å². The summed E-state index contributed by atoms with van der Waals surface area (Å²) in [6, 6.07) is 0. The van der Waals surface area contributed by atoms with Crippen molar-refractivity contribution >= 4 is 0 Å². The van der Waals surface area contributed by atoms with Crippen LogP contribution in [0, 0.1) is 0 Å². The maximum Gasteiger partial charge on any atom is 0.102 e. The molecule has 2 aliphatic heterocycles. The summed E-state index contributed by atoms with van der Waals surface area (Å²) in [5, 5.41) is 6.79. The molecule has 2 fully saturated rings. The molecule has 4 nitrogen and oxygen atoms in total. The van der Waals surface area contributed by atoms with Gasteiger partial charge >= 0.3 is 0 Å². The monoisotopic (exact) mass is 334 g/mol. The topological polar surface area (TPSA) is 42.5 Å². The quantitative estimate of drug-likeness (QED) is 0.759. The molecule has 136 valence electrons. The van der Waals surface area contributed by atoms with Crippen molar-refractivity contribution in [1.29, 1.82) is 0 Å². The zero-order chi connectivity index (χ0) is 16.7. The Morgan fingerprint density at radius 2 is 1.92 bits per heavy atom. The van der Waals surface area contributed by atoms with E-state index >= 15 is 0 Å². The second-order valence-electron chi connectivity index (χ2n) is 7.27. The lowest BCUT2D eigenvalue weighted by atomic mass is 9.79. The second-order valence-corrected chi connectivity index (χ2v) is 7.27. The predicted octanol–water partition coefficient (Wildman–Crippen LogP) is 2.95. The van der Waals surface area contributed by atoms with E-state index in [4.69, 9.17) is 9.47 Å². The predicted molar refractivity (Wildman–Crippen MR) is 98.3 cm³/mol. The molecule has 2 N–H and O–H groups in total. The lowest BCUT2D eigenvalue weighted by Gasteiger charge is -2.42. The summed E-state index contributed by atoms with van der Waals surface area (Å²) in [7, 11) is 0. The molecule has 0 amide bonds. The van der Waals surface area contributed by atoms with E-state index in [1.807, 2.05) is 0 Å². The summed E-state index contributed by atoms with van der Waals surface area (Å²) in [4.78, 5) is 0. The van der Waals surface area contributed by atoms with Crippen molar-refractivity contribution in [2.45, 2.75) is 63.6 Å². The van der Waals surface area contributed by atoms with Crippen LogP contribution in [0.1, 0.15) is 51.9 Å². The summed E-state index contributed by atoms with van der Waals surface area (Å²) in [5.74, 6) is 0. The highest BCUT2D eigenvalue weighted by molar-refractivity contribution is 5.26. The summed E-state index contributed by atoms with van der Waals surface area (Å²) in [6.45, 7) is 8.08. The van der Waals surface area contributed by atoms with Gasteiger partial charge in [-0.2, -0.15) is 0 Å². The fraction of sp³-hybridized carbons (Fsp3) is 0.800. The molecular weight excluding hydrogens is 300 g/mol. The number of hydrogen-bond acceptors (Lipinski definition) is 4. The number of ether oxygens (including phenoxy) is 2. The molecule has 0 radical (unpaired) electrons. The van der Waals surface area contributed by atoms with Crippen LogP contribution in [0.15, 0.2) is 23.3 Å². The molecule has 2 atom stereocenters. The van der Waals surface area contributed by atoms with Crippen molar-refractivity contribution in [3.8, 4) is 0 Å². The molecule has 0 spiro atoms. The van der Waals surface area contributed by atoms with Gasteiger partial charge in [0.1, 0.15) is 5.60 Å². The SMILES string of the molecule is C1=C(C2CNCCO2)CC1.CCCCC1(C2=CCC2)CNCCO1. The van der Waals surface area contributed by atoms with Crippen molar-refractivity contribution < 1.29 is 9.47 Å². The van der Waals surface area contributed by atoms with Gasteiger partial charge in [0.15, 0.2) is 0 Å². The highest BCUT2D eigenvalue weighted by Crippen LogP contribution is 2.37. The molecule has 2 heterocycles. The summed E-state index contributed by atoms with van der Waals surface area (Å²) in [6.07, 6.45) is 13.8. The molecule has 0 bridgehead atoms. The van der Waals surface area contributed by atoms with Crippen molar-refractivity contribution in [2.24, 2.45) is 0 Å². The lowest BCUT2D eigenvalue weighted by Crippen LogP contribution is -2.51. The Bertz CT molecular complexity index is 447. The van der Waals surface area contributed by atoms with E-state index in [-0.39, 0.29) is 5.60 Å². The minimum absolute atomic E-state index is 0.0759. The van der Waals surface area contributed by atoms with Gasteiger partial charge in [-0.05, 0) is 43.3 Å². The maximum absolute atomic E-state index is 6.04. The molecule has 2 saturated heterocycles. The maximum atomic E-state index is 6.04. The number of rotatable bonds is 5. The second kappa shape index (κ2) is 9.14. The third kappa shape index (κ3) is 4.48. The van der Waals surface area contributed by atoms with E-state index in [0.29, 0.717) is 6.10 Å². The highest BCUT2D eigenvalue weighted by atomic mass is 16.5. The first-order valence-electron chi connectivity index (χ1n) is 9.89. The number of morpholine rings is 2. The first kappa shape index (κ1) is 18.1. The van der Waals surface area contributed by atoms with Crippen LogP contribution in [-0.4, -0.2) is 51.1 Å². The third-order valence-electron chi connectivity index (χ3n) is 5.57. The van der Waals surface area contributed by atoms with Gasteiger partial charge < -0.3 is 20.1 Å². The van der Waals surface area contributed by atoms with Gasteiger partial charge in [0.25, 0.3) is 0 Å². The highest BCUT2D eigenvalue weighted by Gasteiger charge is 2.37. The summed E-state index contributed by atoms with van der Waals surface area (Å²) < 4.78 is 11.6. The van der Waals surface area contributed by atoms with E-state index in [1.54, 1.807) is 5.57 Å². The number of unbranched alkanes of at least 4 members (excludes halogenated alkanes) is 1. The van der Waals surface area contributed by atoms with E-state index < -0.39 is 0 Å². The van der Waals surface area contributed by atoms with E-state index in [0.717, 1.165) is 39.4 Å². The van der Waals surface area contributed by atoms with Crippen molar-refractivity contribution in [1.82, 2.24) is 10.6 Å². The minimum atomic E-state index is 0.0759. The van der Waals surface area contributed by atoms with Crippen LogP contribution in [0.25, 0.3) is 0 Å². The Balaban J connectivity index is 0.000000149. The fourth-order valence-electron chi connectivity index (χ4n) is 3.76. The first-order valence-corrected chi connectivity index (χ1v) is 9.89. The van der Waals surface area contributed by atoms with Crippen LogP contribution in [-0.2, 0) is 9.47 Å². The van der Waals surface area contributed by atoms with Crippen LogP contribution in [0.4, 0.5) is 0 Å². The number of nitrogens with one attached hydrogen (secondary N) is 2. The molecule has 4 aliphatic rings. The van der Waals surface area contributed by atoms with Gasteiger partial charge in [0, 0.05) is 26.2 Å². The summed E-state index contributed by atoms with van der Waals surface area (Å²) in [5.41, 5.74) is 3.14. The fourth-order valence-corrected chi connectivity index (χ4v) is 3.76. The minimum Gasteiger partial charge on any atom is -0.371 e. The molecule has 4 heteroatoms. The largest absolute Gasteiger partial charge is 0.371 e. The Hall–Kier alpha value is -0.680. The number of allylic oxidation sites excluding steroid dienone is 2. The Morgan fingerprint density at radius 1 is 1.12 bits per heavy atom. The molecule has 24 heavy (non-hydrogen) atoms. The van der Waals surface area contributed by atoms with Crippen molar-refractivity contribution in [3.63, 3.8) is 0 Å². The van der Waals surface area contributed by atoms with Crippen LogP contribution in [0.5, 0.6) is 0 Å². The zero-order valence-corrected chi connectivity index (χ0v) is 15.2. The normalized spacial score (nSPS) is 32.5. The van der Waals surface area contributed by atoms with E-state index in [2.05, 4.69) is 29.7 Å². The average molecular weight is 335 g/mol. The van der Waals surface area contributed by atoms with Crippen LogP contribution < -0.4 is 10.6 Å². The Kier molecular flexibility index (Phi) is 6.90. The van der Waals surface area contributed by atoms with Gasteiger partial charge in [-0.1, -0.05) is 31.9 Å². The van der Waals surface area contributed by atoms with Gasteiger partial charge in [-0.25, -0.2) is 0 Å². The smallest absolute Gasteiger partial charge is 0.102 e. The standard InChI is InChI=1S/C12H21NO.C8H13NO/c1-2-3-7-12(11-5-4-6-11)10-13-8-9-14-12;1-2-7(3-1)8-6-9-4-5-10-8/h5,13H,2-4,6-10H2,1H3;2,8-9H,1,3-6H2. The summed E-state index contributed by atoms with van der Waals surface area (Å²) >= 11 is 0. The molecule has 4 rings (SSSR count). The van der Waals surface area contributed by atoms with Crippen molar-refractivity contribution in [2.75, 3.05) is 39.4 Å². The van der Waals surface area contributed by atoms with E-state index in [1.165, 1.54) is 50.5 Å². The van der Waals surface area contributed by atoms with Gasteiger partial charge in [0.2, 0.25) is 0 Å².